The van der Waals surface area contributed by atoms with Gasteiger partial charge in [-0.3, -0.25) is 0 Å². The molecule has 0 aliphatic rings. The van der Waals surface area contributed by atoms with E-state index in [1.54, 1.807) is 11.3 Å². The molecule has 0 unspecified atom stereocenters. The molecule has 0 saturated carbocycles. The van der Waals surface area contributed by atoms with E-state index in [1.165, 1.54) is 6.33 Å². The second-order valence-corrected chi connectivity index (χ2v) is 4.26. The van der Waals surface area contributed by atoms with E-state index in [0.717, 1.165) is 11.3 Å². The minimum atomic E-state index is 0.414. The van der Waals surface area contributed by atoms with E-state index >= 15 is 0 Å². The second-order valence-electron chi connectivity index (χ2n) is 3.48. The second kappa shape index (κ2) is 4.06. The maximum atomic E-state index is 5.18. The van der Waals surface area contributed by atoms with Crippen molar-refractivity contribution in [3.05, 3.63) is 34.9 Å². The van der Waals surface area contributed by atoms with Crippen LogP contribution in [0.4, 0.5) is 0 Å². The molecule has 3 aromatic heterocycles. The third kappa shape index (κ3) is 1.94. The Balaban J connectivity index is 2.01. The summed E-state index contributed by atoms with van der Waals surface area (Å²) in [7, 11) is 0. The molecule has 3 rings (SSSR count). The van der Waals surface area contributed by atoms with Crippen molar-refractivity contribution < 1.29 is 4.52 Å². The molecule has 0 atom stereocenters. The number of nitrogens with zero attached hydrogens (tertiary/aromatic N) is 4. The van der Waals surface area contributed by atoms with Crippen LogP contribution in [0.15, 0.2) is 33.7 Å². The molecule has 0 radical (unpaired) electrons. The lowest BCUT2D eigenvalue weighted by molar-refractivity contribution is 0.431. The van der Waals surface area contributed by atoms with Crippen LogP contribution in [0.25, 0.3) is 23.0 Å². The Hall–Kier alpha value is -2.08. The Morgan fingerprint density at radius 1 is 1.29 bits per heavy atom. The van der Waals surface area contributed by atoms with Gasteiger partial charge in [-0.05, 0) is 24.4 Å². The summed E-state index contributed by atoms with van der Waals surface area (Å²) in [4.78, 5) is 12.4. The average molecular weight is 244 g/mol. The largest absolute Gasteiger partial charge is 0.332 e. The first-order valence-electron chi connectivity index (χ1n) is 4.98. The van der Waals surface area contributed by atoms with E-state index in [9.17, 15) is 0 Å². The van der Waals surface area contributed by atoms with Gasteiger partial charge >= 0.3 is 0 Å². The van der Waals surface area contributed by atoms with Crippen LogP contribution < -0.4 is 0 Å². The van der Waals surface area contributed by atoms with Crippen LogP contribution in [0.3, 0.4) is 0 Å². The minimum absolute atomic E-state index is 0.414. The van der Waals surface area contributed by atoms with Crippen LogP contribution in [0.1, 0.15) is 5.69 Å². The zero-order valence-corrected chi connectivity index (χ0v) is 9.81. The molecule has 6 heteroatoms. The molecule has 3 heterocycles. The summed E-state index contributed by atoms with van der Waals surface area (Å²) >= 11 is 1.59. The standard InChI is InChI=1S/C11H8N4OS/c1-7-4-9(13-6-12-7)11-14-10(15-16-11)8-2-3-17-5-8/h2-6H,1H3. The highest BCUT2D eigenvalue weighted by Gasteiger charge is 2.11. The highest BCUT2D eigenvalue weighted by atomic mass is 32.1. The van der Waals surface area contributed by atoms with Crippen molar-refractivity contribution in [3.63, 3.8) is 0 Å². The predicted molar refractivity (Wildman–Crippen MR) is 63.4 cm³/mol. The van der Waals surface area contributed by atoms with Crippen LogP contribution in [-0.4, -0.2) is 20.1 Å². The van der Waals surface area contributed by atoms with Crippen molar-refractivity contribution in [2.45, 2.75) is 6.92 Å². The van der Waals surface area contributed by atoms with Crippen molar-refractivity contribution in [1.29, 1.82) is 0 Å². The molecule has 0 fully saturated rings. The lowest BCUT2D eigenvalue weighted by Gasteiger charge is -1.93. The molecule has 0 bridgehead atoms. The van der Waals surface area contributed by atoms with Crippen molar-refractivity contribution in [2.24, 2.45) is 0 Å². The zero-order chi connectivity index (χ0) is 11.7. The smallest absolute Gasteiger partial charge is 0.276 e. The average Bonchev–Trinajstić information content (AvgIpc) is 3.00. The first kappa shape index (κ1) is 10.1. The molecule has 84 valence electrons. The molecule has 0 N–H and O–H groups in total. The van der Waals surface area contributed by atoms with Crippen molar-refractivity contribution in [1.82, 2.24) is 20.1 Å². The summed E-state index contributed by atoms with van der Waals surface area (Å²) in [6.45, 7) is 1.89. The van der Waals surface area contributed by atoms with Gasteiger partial charge in [0.2, 0.25) is 5.82 Å². The number of aromatic nitrogens is 4. The summed E-state index contributed by atoms with van der Waals surface area (Å²) < 4.78 is 5.18. The molecule has 5 nitrogen and oxygen atoms in total. The number of thiophene rings is 1. The van der Waals surface area contributed by atoms with Gasteiger partial charge in [0.05, 0.1) is 0 Å². The minimum Gasteiger partial charge on any atom is -0.332 e. The summed E-state index contributed by atoms with van der Waals surface area (Å²) in [5.74, 6) is 0.995. The summed E-state index contributed by atoms with van der Waals surface area (Å²) in [5, 5.41) is 7.87. The third-order valence-electron chi connectivity index (χ3n) is 2.23. The Kier molecular flexibility index (Phi) is 2.41. The van der Waals surface area contributed by atoms with Crippen molar-refractivity contribution in [3.8, 4) is 23.0 Å². The van der Waals surface area contributed by atoms with Crippen molar-refractivity contribution in [2.75, 3.05) is 0 Å². The molecule has 0 amide bonds. The topological polar surface area (TPSA) is 64.7 Å². The quantitative estimate of drug-likeness (QED) is 0.693. The van der Waals surface area contributed by atoms with Gasteiger partial charge in [-0.15, -0.1) is 0 Å². The SMILES string of the molecule is Cc1cc(-c2nc(-c3ccsc3)no2)ncn1. The van der Waals surface area contributed by atoms with E-state index in [2.05, 4.69) is 20.1 Å². The number of rotatable bonds is 2. The molecule has 17 heavy (non-hydrogen) atoms. The normalized spacial score (nSPS) is 10.6. The van der Waals surface area contributed by atoms with Gasteiger partial charge in [0, 0.05) is 16.6 Å². The summed E-state index contributed by atoms with van der Waals surface area (Å²) in [6, 6.07) is 3.76. The Bertz CT molecular complexity index is 632. The molecule has 0 aliphatic heterocycles. The summed E-state index contributed by atoms with van der Waals surface area (Å²) in [5.41, 5.74) is 2.47. The first-order valence-corrected chi connectivity index (χ1v) is 5.92. The highest BCUT2D eigenvalue weighted by molar-refractivity contribution is 7.08. The van der Waals surface area contributed by atoms with Crippen LogP contribution >= 0.6 is 11.3 Å². The fourth-order valence-electron chi connectivity index (χ4n) is 1.41. The summed E-state index contributed by atoms with van der Waals surface area (Å²) in [6.07, 6.45) is 1.49. The van der Waals surface area contributed by atoms with Gasteiger partial charge in [-0.25, -0.2) is 9.97 Å². The maximum Gasteiger partial charge on any atom is 0.276 e. The van der Waals surface area contributed by atoms with E-state index in [4.69, 9.17) is 4.52 Å². The maximum absolute atomic E-state index is 5.18. The number of aryl methyl sites for hydroxylation is 1. The fraction of sp³-hybridized carbons (Fsp3) is 0.0909. The molecule has 0 saturated heterocycles. The highest BCUT2D eigenvalue weighted by Crippen LogP contribution is 2.22. The van der Waals surface area contributed by atoms with E-state index in [-0.39, 0.29) is 0 Å². The molecular formula is C11H8N4OS. The van der Waals surface area contributed by atoms with E-state index < -0.39 is 0 Å². The van der Waals surface area contributed by atoms with Crippen LogP contribution in [0.5, 0.6) is 0 Å². The van der Waals surface area contributed by atoms with Crippen molar-refractivity contribution >= 4 is 11.3 Å². The Morgan fingerprint density at radius 3 is 3.00 bits per heavy atom. The van der Waals surface area contributed by atoms with Gasteiger partial charge in [0.25, 0.3) is 5.89 Å². The molecule has 0 aliphatic carbocycles. The third-order valence-corrected chi connectivity index (χ3v) is 2.91. The first-order chi connectivity index (χ1) is 8.33. The molecular weight excluding hydrogens is 236 g/mol. The zero-order valence-electron chi connectivity index (χ0n) is 8.99. The Morgan fingerprint density at radius 2 is 2.24 bits per heavy atom. The molecule has 3 aromatic rings. The Labute approximate surface area is 101 Å². The van der Waals surface area contributed by atoms with E-state index in [1.807, 2.05) is 29.8 Å². The molecule has 0 spiro atoms. The van der Waals surface area contributed by atoms with Gasteiger partial charge < -0.3 is 4.52 Å². The van der Waals surface area contributed by atoms with Crippen LogP contribution in [-0.2, 0) is 0 Å². The van der Waals surface area contributed by atoms with Gasteiger partial charge in [0.1, 0.15) is 12.0 Å². The monoisotopic (exact) mass is 244 g/mol. The lowest BCUT2D eigenvalue weighted by atomic mass is 10.3. The van der Waals surface area contributed by atoms with Crippen LogP contribution in [0.2, 0.25) is 0 Å². The lowest BCUT2D eigenvalue weighted by Crippen LogP contribution is -1.87. The number of hydrogen-bond donors (Lipinski definition) is 0. The molecule has 0 aromatic carbocycles. The predicted octanol–water partition coefficient (Wildman–Crippen LogP) is 2.56. The van der Waals surface area contributed by atoms with Gasteiger partial charge in [-0.2, -0.15) is 16.3 Å². The van der Waals surface area contributed by atoms with Crippen LogP contribution in [0, 0.1) is 6.92 Å². The van der Waals surface area contributed by atoms with Gasteiger partial charge in [0.15, 0.2) is 0 Å². The van der Waals surface area contributed by atoms with Gasteiger partial charge in [-0.1, -0.05) is 5.16 Å². The fourth-order valence-corrected chi connectivity index (χ4v) is 2.04. The van der Waals surface area contributed by atoms with E-state index in [0.29, 0.717) is 17.4 Å². The number of hydrogen-bond acceptors (Lipinski definition) is 6.